The van der Waals surface area contributed by atoms with Gasteiger partial charge in [0, 0.05) is 19.3 Å². The average molecular weight is 1140 g/mol. The summed E-state index contributed by atoms with van der Waals surface area (Å²) < 4.78 is 28.5. The van der Waals surface area contributed by atoms with Crippen molar-refractivity contribution in [3.8, 4) is 0 Å². The van der Waals surface area contributed by atoms with Crippen LogP contribution < -0.4 is 0 Å². The van der Waals surface area contributed by atoms with Crippen LogP contribution in [0.25, 0.3) is 0 Å². The summed E-state index contributed by atoms with van der Waals surface area (Å²) in [5.41, 5.74) is 0. The number of esters is 3. The molecule has 1 aliphatic rings. The van der Waals surface area contributed by atoms with Crippen LogP contribution in [0.1, 0.15) is 303 Å². The molecule has 0 saturated carbocycles. The van der Waals surface area contributed by atoms with Gasteiger partial charge in [-0.25, -0.2) is 4.79 Å². The lowest BCUT2D eigenvalue weighted by Crippen LogP contribution is -2.61. The first-order valence-corrected chi connectivity index (χ1v) is 33.3. The number of carboxylic acids is 1. The first-order chi connectivity index (χ1) is 39.6. The number of hydrogen-bond donors (Lipinski definition) is 3. The molecule has 0 aromatic carbocycles. The molecule has 0 aromatic heterocycles. The molecule has 0 radical (unpaired) electrons. The molecular weight excluding hydrogens is 1020 g/mol. The third kappa shape index (κ3) is 46.5. The molecule has 468 valence electrons. The summed E-state index contributed by atoms with van der Waals surface area (Å²) in [6.45, 7) is 5.89. The summed E-state index contributed by atoms with van der Waals surface area (Å²) in [5.74, 6) is -3.16. The van der Waals surface area contributed by atoms with Crippen LogP contribution >= 0.6 is 0 Å². The fourth-order valence-electron chi connectivity index (χ4n) is 10.0. The monoisotopic (exact) mass is 1140 g/mol. The van der Waals surface area contributed by atoms with Crippen LogP contribution in [0.2, 0.25) is 0 Å². The second-order valence-electron chi connectivity index (χ2n) is 22.7. The fraction of sp³-hybridized carbons (Fsp3) is 0.797. The standard InChI is InChI=1S/C69H120O12/c1-4-7-10-13-16-19-22-25-28-30-31-33-35-37-40-43-46-49-52-55-61(70)77-58-60(79-62(71)56-53-50-47-44-41-38-34-27-24-21-18-15-12-9-6-3)59-78-69-67(65(74)64(73)66(81-69)68(75)76)80-63(72)57-54-51-48-45-42-39-36-32-29-26-23-20-17-14-11-8-5-2/h9,12,18,21,25,27-28,34,41,44,60,64-67,69,73-74H,4-8,10-11,13-17,19-20,22-24,26,29-33,35-40,42-43,45-59H2,1-3H3,(H,75,76)/b12-9-,21-18-,28-25-,34-27-,44-41-. The predicted octanol–water partition coefficient (Wildman–Crippen LogP) is 17.9. The number of aliphatic carboxylic acids is 1. The molecular formula is C69H120O12. The number of carbonyl (C=O) groups excluding carboxylic acids is 3. The molecule has 1 aliphatic heterocycles. The van der Waals surface area contributed by atoms with Gasteiger partial charge in [-0.1, -0.05) is 261 Å². The number of ether oxygens (including phenoxy) is 5. The van der Waals surface area contributed by atoms with Crippen molar-refractivity contribution in [2.24, 2.45) is 0 Å². The molecule has 0 aliphatic carbocycles. The molecule has 6 atom stereocenters. The predicted molar refractivity (Wildman–Crippen MR) is 331 cm³/mol. The topological polar surface area (TPSA) is 175 Å². The van der Waals surface area contributed by atoms with E-state index in [0.717, 1.165) is 83.5 Å². The van der Waals surface area contributed by atoms with E-state index in [1.807, 2.05) is 0 Å². The highest BCUT2D eigenvalue weighted by Crippen LogP contribution is 2.27. The first kappa shape index (κ1) is 75.4. The van der Waals surface area contributed by atoms with Crippen molar-refractivity contribution in [3.63, 3.8) is 0 Å². The number of aliphatic hydroxyl groups excluding tert-OH is 2. The van der Waals surface area contributed by atoms with Crippen LogP contribution in [0.5, 0.6) is 0 Å². The van der Waals surface area contributed by atoms with E-state index in [-0.39, 0.29) is 25.9 Å². The third-order valence-corrected chi connectivity index (χ3v) is 15.1. The van der Waals surface area contributed by atoms with Gasteiger partial charge in [0.2, 0.25) is 0 Å². The summed E-state index contributed by atoms with van der Waals surface area (Å²) in [6.07, 6.45) is 59.0. The van der Waals surface area contributed by atoms with E-state index in [4.69, 9.17) is 23.7 Å². The van der Waals surface area contributed by atoms with Gasteiger partial charge in [0.25, 0.3) is 0 Å². The van der Waals surface area contributed by atoms with Crippen molar-refractivity contribution in [2.75, 3.05) is 13.2 Å². The van der Waals surface area contributed by atoms with E-state index in [9.17, 15) is 34.5 Å². The number of unbranched alkanes of at least 4 members (excludes halogenated alkanes) is 33. The number of carbonyl (C=O) groups is 4. The zero-order valence-electron chi connectivity index (χ0n) is 51.8. The Labute approximate surface area is 494 Å². The molecule has 0 amide bonds. The molecule has 1 fully saturated rings. The molecule has 0 spiro atoms. The largest absolute Gasteiger partial charge is 0.479 e. The van der Waals surface area contributed by atoms with Crippen molar-refractivity contribution in [1.82, 2.24) is 0 Å². The highest BCUT2D eigenvalue weighted by atomic mass is 16.7. The molecule has 12 heteroatoms. The van der Waals surface area contributed by atoms with E-state index in [0.29, 0.717) is 19.3 Å². The van der Waals surface area contributed by atoms with Crippen molar-refractivity contribution < 1.29 is 58.2 Å². The maximum atomic E-state index is 13.2. The number of hydrogen-bond acceptors (Lipinski definition) is 11. The average Bonchev–Trinajstić information content (AvgIpc) is 3.53. The van der Waals surface area contributed by atoms with Gasteiger partial charge in [-0.15, -0.1) is 0 Å². The fourth-order valence-corrected chi connectivity index (χ4v) is 10.0. The molecule has 6 unspecified atom stereocenters. The molecule has 3 N–H and O–H groups in total. The molecule has 1 saturated heterocycles. The summed E-state index contributed by atoms with van der Waals surface area (Å²) in [5, 5.41) is 31.6. The van der Waals surface area contributed by atoms with Gasteiger partial charge in [-0.3, -0.25) is 14.4 Å². The molecule has 1 rings (SSSR count). The van der Waals surface area contributed by atoms with Crippen LogP contribution in [0.3, 0.4) is 0 Å². The van der Waals surface area contributed by atoms with E-state index in [1.165, 1.54) is 161 Å². The van der Waals surface area contributed by atoms with Crippen LogP contribution in [0.4, 0.5) is 0 Å². The highest BCUT2D eigenvalue weighted by Gasteiger charge is 2.50. The lowest BCUT2D eigenvalue weighted by Gasteiger charge is -2.40. The Morgan fingerprint density at radius 1 is 0.420 bits per heavy atom. The van der Waals surface area contributed by atoms with Crippen molar-refractivity contribution in [2.45, 2.75) is 340 Å². The van der Waals surface area contributed by atoms with Crippen LogP contribution in [0, 0.1) is 0 Å². The Hall–Kier alpha value is -3.58. The van der Waals surface area contributed by atoms with Crippen molar-refractivity contribution in [1.29, 1.82) is 0 Å². The normalized spacial score (nSPS) is 18.1. The highest BCUT2D eigenvalue weighted by molar-refractivity contribution is 5.74. The Morgan fingerprint density at radius 2 is 0.778 bits per heavy atom. The smallest absolute Gasteiger partial charge is 0.335 e. The maximum absolute atomic E-state index is 13.2. The van der Waals surface area contributed by atoms with Gasteiger partial charge < -0.3 is 39.0 Å². The summed E-state index contributed by atoms with van der Waals surface area (Å²) >= 11 is 0. The van der Waals surface area contributed by atoms with Crippen LogP contribution in [-0.2, 0) is 42.9 Å². The number of rotatable bonds is 57. The van der Waals surface area contributed by atoms with Crippen LogP contribution in [-0.4, -0.2) is 89.2 Å². The summed E-state index contributed by atoms with van der Waals surface area (Å²) in [6, 6.07) is 0. The van der Waals surface area contributed by atoms with Gasteiger partial charge in [0.1, 0.15) is 18.8 Å². The minimum absolute atomic E-state index is 0.0587. The maximum Gasteiger partial charge on any atom is 0.335 e. The SMILES string of the molecule is CC/C=C\C/C=C\C/C=C\C/C=C\CCCCC(=O)OC(COC(=O)CCCCCCCCCCC/C=C\CCCCCCCC)COC1OC(C(=O)O)C(O)C(O)C1OC(=O)CCCCCCCCCCCCCCCCCCC. The van der Waals surface area contributed by atoms with Crippen molar-refractivity contribution in [3.05, 3.63) is 60.8 Å². The molecule has 1 heterocycles. The summed E-state index contributed by atoms with van der Waals surface area (Å²) in [4.78, 5) is 51.3. The van der Waals surface area contributed by atoms with E-state index < -0.39 is 67.3 Å². The lowest BCUT2D eigenvalue weighted by atomic mass is 9.98. The Bertz CT molecular complexity index is 1640. The number of carboxylic acid groups (broad SMARTS) is 1. The molecule has 12 nitrogen and oxygen atoms in total. The quantitative estimate of drug-likeness (QED) is 0.0228. The second kappa shape index (κ2) is 56.9. The Morgan fingerprint density at radius 3 is 1.22 bits per heavy atom. The molecule has 0 aromatic rings. The third-order valence-electron chi connectivity index (χ3n) is 15.1. The van der Waals surface area contributed by atoms with E-state index >= 15 is 0 Å². The van der Waals surface area contributed by atoms with Crippen molar-refractivity contribution >= 4 is 23.9 Å². The van der Waals surface area contributed by atoms with Crippen LogP contribution in [0.15, 0.2) is 60.8 Å². The molecule has 0 bridgehead atoms. The minimum Gasteiger partial charge on any atom is -0.479 e. The minimum atomic E-state index is -1.91. The Balaban J connectivity index is 2.65. The first-order valence-electron chi connectivity index (χ1n) is 33.3. The summed E-state index contributed by atoms with van der Waals surface area (Å²) in [7, 11) is 0. The second-order valence-corrected chi connectivity index (χ2v) is 22.7. The van der Waals surface area contributed by atoms with Gasteiger partial charge in [-0.05, 0) is 83.5 Å². The lowest BCUT2D eigenvalue weighted by molar-refractivity contribution is -0.301. The van der Waals surface area contributed by atoms with Gasteiger partial charge in [0.15, 0.2) is 24.6 Å². The zero-order valence-corrected chi connectivity index (χ0v) is 51.8. The van der Waals surface area contributed by atoms with Gasteiger partial charge in [0.05, 0.1) is 6.61 Å². The zero-order chi connectivity index (χ0) is 58.9. The van der Waals surface area contributed by atoms with Gasteiger partial charge >= 0.3 is 23.9 Å². The molecule has 81 heavy (non-hydrogen) atoms. The van der Waals surface area contributed by atoms with Gasteiger partial charge in [-0.2, -0.15) is 0 Å². The number of aliphatic hydroxyl groups is 2. The Kier molecular flexibility index (Phi) is 53.0. The number of allylic oxidation sites excluding steroid dienone is 10. The van der Waals surface area contributed by atoms with E-state index in [2.05, 4.69) is 81.5 Å². The van der Waals surface area contributed by atoms with E-state index in [1.54, 1.807) is 0 Å².